The monoisotopic (exact) mass is 296 g/mol. The molecule has 1 fully saturated rings. The number of hydrogen-bond donors (Lipinski definition) is 0. The van der Waals surface area contributed by atoms with Crippen LogP contribution in [0.5, 0.6) is 0 Å². The molecule has 3 nitrogen and oxygen atoms in total. The van der Waals surface area contributed by atoms with Crippen LogP contribution in [0.3, 0.4) is 0 Å². The highest BCUT2D eigenvalue weighted by atomic mass is 32.2. The molecule has 1 unspecified atom stereocenters. The first kappa shape index (κ1) is 14.7. The molecular formula is C14H20N2OS2. The van der Waals surface area contributed by atoms with Crippen molar-refractivity contribution >= 4 is 29.4 Å². The first-order chi connectivity index (χ1) is 9.16. The van der Waals surface area contributed by atoms with Gasteiger partial charge in [0.25, 0.3) is 0 Å². The summed E-state index contributed by atoms with van der Waals surface area (Å²) < 4.78 is 0. The Morgan fingerprint density at radius 1 is 1.53 bits per heavy atom. The SMILES string of the molecule is CC(C)C1CN(C(=O)CSc2ccncc2)CCS1. The van der Waals surface area contributed by atoms with Crippen molar-refractivity contribution in [1.29, 1.82) is 0 Å². The zero-order valence-corrected chi connectivity index (χ0v) is 13.0. The highest BCUT2D eigenvalue weighted by Gasteiger charge is 2.25. The lowest BCUT2D eigenvalue weighted by molar-refractivity contribution is -0.128. The van der Waals surface area contributed by atoms with Crippen LogP contribution in [0.1, 0.15) is 13.8 Å². The number of nitrogens with zero attached hydrogens (tertiary/aromatic N) is 2. The molecular weight excluding hydrogens is 276 g/mol. The Labute approximate surface area is 123 Å². The van der Waals surface area contributed by atoms with E-state index < -0.39 is 0 Å². The van der Waals surface area contributed by atoms with Crippen LogP contribution in [-0.2, 0) is 4.79 Å². The van der Waals surface area contributed by atoms with Crippen molar-refractivity contribution in [1.82, 2.24) is 9.88 Å². The number of hydrogen-bond acceptors (Lipinski definition) is 4. The molecule has 1 aliphatic heterocycles. The van der Waals surface area contributed by atoms with E-state index in [1.807, 2.05) is 28.8 Å². The first-order valence-corrected chi connectivity index (χ1v) is 8.62. The van der Waals surface area contributed by atoms with Crippen molar-refractivity contribution in [3.8, 4) is 0 Å². The molecule has 5 heteroatoms. The fourth-order valence-electron chi connectivity index (χ4n) is 1.98. The van der Waals surface area contributed by atoms with Crippen molar-refractivity contribution in [2.45, 2.75) is 24.0 Å². The molecule has 0 spiro atoms. The Hall–Kier alpha value is -0.680. The van der Waals surface area contributed by atoms with Crippen LogP contribution in [0.4, 0.5) is 0 Å². The van der Waals surface area contributed by atoms with Gasteiger partial charge in [-0.05, 0) is 18.1 Å². The number of aromatic nitrogens is 1. The summed E-state index contributed by atoms with van der Waals surface area (Å²) in [6.45, 7) is 6.26. The Morgan fingerprint density at radius 3 is 2.95 bits per heavy atom. The Kier molecular flexibility index (Phi) is 5.58. The number of thioether (sulfide) groups is 2. The number of amides is 1. The van der Waals surface area contributed by atoms with Gasteiger partial charge in [-0.1, -0.05) is 13.8 Å². The van der Waals surface area contributed by atoms with Gasteiger partial charge in [-0.25, -0.2) is 0 Å². The van der Waals surface area contributed by atoms with Gasteiger partial charge < -0.3 is 4.90 Å². The summed E-state index contributed by atoms with van der Waals surface area (Å²) in [4.78, 5) is 19.3. The molecule has 1 atom stereocenters. The summed E-state index contributed by atoms with van der Waals surface area (Å²) in [6.07, 6.45) is 3.53. The zero-order chi connectivity index (χ0) is 13.7. The second-order valence-electron chi connectivity index (χ2n) is 4.96. The second kappa shape index (κ2) is 7.20. The summed E-state index contributed by atoms with van der Waals surface area (Å²) in [5.41, 5.74) is 0. The Morgan fingerprint density at radius 2 is 2.26 bits per heavy atom. The highest BCUT2D eigenvalue weighted by molar-refractivity contribution is 8.00. The van der Waals surface area contributed by atoms with E-state index in [-0.39, 0.29) is 5.91 Å². The number of carbonyl (C=O) groups excluding carboxylic acids is 1. The molecule has 1 amide bonds. The van der Waals surface area contributed by atoms with E-state index in [2.05, 4.69) is 18.8 Å². The van der Waals surface area contributed by atoms with Crippen molar-refractivity contribution < 1.29 is 4.79 Å². The van der Waals surface area contributed by atoms with Crippen LogP contribution >= 0.6 is 23.5 Å². The van der Waals surface area contributed by atoms with E-state index >= 15 is 0 Å². The van der Waals surface area contributed by atoms with E-state index in [9.17, 15) is 4.79 Å². The predicted octanol–water partition coefficient (Wildman–Crippen LogP) is 2.77. The van der Waals surface area contributed by atoms with E-state index in [4.69, 9.17) is 0 Å². The maximum atomic E-state index is 12.2. The van der Waals surface area contributed by atoms with Crippen LogP contribution in [0.2, 0.25) is 0 Å². The van der Waals surface area contributed by atoms with Gasteiger partial charge in [0, 0.05) is 41.4 Å². The normalized spacial score (nSPS) is 19.7. The van der Waals surface area contributed by atoms with Gasteiger partial charge in [-0.2, -0.15) is 11.8 Å². The summed E-state index contributed by atoms with van der Waals surface area (Å²) >= 11 is 3.59. The Balaban J connectivity index is 1.83. The van der Waals surface area contributed by atoms with Crippen molar-refractivity contribution in [2.75, 3.05) is 24.6 Å². The number of carbonyl (C=O) groups is 1. The van der Waals surface area contributed by atoms with Gasteiger partial charge in [-0.3, -0.25) is 9.78 Å². The second-order valence-corrected chi connectivity index (χ2v) is 7.36. The molecule has 1 saturated heterocycles. The summed E-state index contributed by atoms with van der Waals surface area (Å²) in [7, 11) is 0. The molecule has 1 aromatic heterocycles. The molecule has 19 heavy (non-hydrogen) atoms. The number of pyridine rings is 1. The van der Waals surface area contributed by atoms with Crippen molar-refractivity contribution in [3.63, 3.8) is 0 Å². The minimum absolute atomic E-state index is 0.257. The largest absolute Gasteiger partial charge is 0.340 e. The van der Waals surface area contributed by atoms with Crippen LogP contribution in [0.25, 0.3) is 0 Å². The van der Waals surface area contributed by atoms with Crippen LogP contribution < -0.4 is 0 Å². The van der Waals surface area contributed by atoms with Gasteiger partial charge in [0.2, 0.25) is 5.91 Å². The topological polar surface area (TPSA) is 33.2 Å². The van der Waals surface area contributed by atoms with Gasteiger partial charge in [0.15, 0.2) is 0 Å². The van der Waals surface area contributed by atoms with Gasteiger partial charge >= 0.3 is 0 Å². The standard InChI is InChI=1S/C14H20N2OS2/c1-11(2)13-9-16(7-8-18-13)14(17)10-19-12-3-5-15-6-4-12/h3-6,11,13H,7-10H2,1-2H3. The third-order valence-electron chi connectivity index (χ3n) is 3.20. The van der Waals surface area contributed by atoms with Gasteiger partial charge in [-0.15, -0.1) is 11.8 Å². The molecule has 1 aromatic rings. The molecule has 0 aromatic carbocycles. The lowest BCUT2D eigenvalue weighted by Gasteiger charge is -2.34. The zero-order valence-electron chi connectivity index (χ0n) is 11.4. The lowest BCUT2D eigenvalue weighted by Crippen LogP contribution is -2.44. The summed E-state index contributed by atoms with van der Waals surface area (Å²) in [5, 5.41) is 0.587. The van der Waals surface area contributed by atoms with E-state index in [1.165, 1.54) is 0 Å². The average Bonchev–Trinajstić information content (AvgIpc) is 2.46. The summed E-state index contributed by atoms with van der Waals surface area (Å²) in [6, 6.07) is 3.89. The quantitative estimate of drug-likeness (QED) is 0.800. The molecule has 2 heterocycles. The molecule has 0 bridgehead atoms. The maximum Gasteiger partial charge on any atom is 0.232 e. The first-order valence-electron chi connectivity index (χ1n) is 6.59. The van der Waals surface area contributed by atoms with E-state index in [1.54, 1.807) is 24.2 Å². The number of rotatable bonds is 4. The molecule has 0 aliphatic carbocycles. The highest BCUT2D eigenvalue weighted by Crippen LogP contribution is 2.26. The van der Waals surface area contributed by atoms with Gasteiger partial charge in [0.1, 0.15) is 0 Å². The third-order valence-corrected chi connectivity index (χ3v) is 5.74. The van der Waals surface area contributed by atoms with Crippen molar-refractivity contribution in [2.24, 2.45) is 5.92 Å². The average molecular weight is 296 g/mol. The minimum atomic E-state index is 0.257. The third kappa shape index (κ3) is 4.42. The molecule has 104 valence electrons. The smallest absolute Gasteiger partial charge is 0.232 e. The molecule has 0 N–H and O–H groups in total. The van der Waals surface area contributed by atoms with Crippen LogP contribution in [-0.4, -0.2) is 45.6 Å². The maximum absolute atomic E-state index is 12.2. The molecule has 1 aliphatic rings. The fourth-order valence-corrected chi connectivity index (χ4v) is 4.06. The molecule has 0 radical (unpaired) electrons. The Bertz CT molecular complexity index is 411. The predicted molar refractivity (Wildman–Crippen MR) is 82.6 cm³/mol. The van der Waals surface area contributed by atoms with Crippen LogP contribution in [0, 0.1) is 5.92 Å². The van der Waals surface area contributed by atoms with Crippen molar-refractivity contribution in [3.05, 3.63) is 24.5 Å². The molecule has 0 saturated carbocycles. The van der Waals surface area contributed by atoms with E-state index in [0.29, 0.717) is 16.9 Å². The van der Waals surface area contributed by atoms with E-state index in [0.717, 1.165) is 23.7 Å². The molecule has 2 rings (SSSR count). The van der Waals surface area contributed by atoms with Crippen LogP contribution in [0.15, 0.2) is 29.4 Å². The van der Waals surface area contributed by atoms with Gasteiger partial charge in [0.05, 0.1) is 5.75 Å². The lowest BCUT2D eigenvalue weighted by atomic mass is 10.1. The minimum Gasteiger partial charge on any atom is -0.340 e. The summed E-state index contributed by atoms with van der Waals surface area (Å²) in [5.74, 6) is 2.48. The fraction of sp³-hybridized carbons (Fsp3) is 0.571.